The van der Waals surface area contributed by atoms with Crippen LogP contribution in [-0.4, -0.2) is 40.7 Å². The predicted molar refractivity (Wildman–Crippen MR) is 97.7 cm³/mol. The maximum atomic E-state index is 12.8. The third-order valence-corrected chi connectivity index (χ3v) is 5.83. The number of nitrogens with zero attached hydrogens (tertiary/aromatic N) is 2. The van der Waals surface area contributed by atoms with E-state index in [2.05, 4.69) is 0 Å². The molecule has 2 atom stereocenters. The third-order valence-electron chi connectivity index (χ3n) is 5.83. The van der Waals surface area contributed by atoms with Gasteiger partial charge in [-0.3, -0.25) is 9.59 Å². The van der Waals surface area contributed by atoms with Crippen LogP contribution >= 0.6 is 0 Å². The second-order valence-corrected chi connectivity index (χ2v) is 7.63. The van der Waals surface area contributed by atoms with Crippen LogP contribution in [0.4, 0.5) is 13.2 Å². The van der Waals surface area contributed by atoms with Crippen molar-refractivity contribution in [3.05, 3.63) is 59.5 Å². The van der Waals surface area contributed by atoms with E-state index < -0.39 is 11.7 Å². The van der Waals surface area contributed by atoms with Crippen LogP contribution in [0.1, 0.15) is 40.7 Å². The van der Waals surface area contributed by atoms with Crippen LogP contribution in [0.5, 0.6) is 0 Å². The Morgan fingerprint density at radius 3 is 2.55 bits per heavy atom. The quantitative estimate of drug-likeness (QED) is 0.776. The van der Waals surface area contributed by atoms with Gasteiger partial charge < -0.3 is 14.2 Å². The molecule has 4 rings (SSSR count). The molecule has 1 aromatic heterocycles. The topological polar surface area (TPSA) is 53.8 Å². The molecule has 0 spiro atoms. The van der Waals surface area contributed by atoms with Crippen LogP contribution in [0.15, 0.2) is 47.3 Å². The summed E-state index contributed by atoms with van der Waals surface area (Å²) in [4.78, 5) is 28.7. The van der Waals surface area contributed by atoms with Gasteiger partial charge in [0.15, 0.2) is 0 Å². The SMILES string of the molecule is O=C(c1ccoc1)N1CC[C@H]2[C@H](CCC(=O)N2Cc2ccc(C(F)(F)F)cc2)C1. The number of furan rings is 1. The Morgan fingerprint density at radius 1 is 1.14 bits per heavy atom. The zero-order chi connectivity index (χ0) is 20.6. The maximum Gasteiger partial charge on any atom is 0.416 e. The third kappa shape index (κ3) is 4.02. The summed E-state index contributed by atoms with van der Waals surface area (Å²) in [7, 11) is 0. The molecule has 2 fully saturated rings. The summed E-state index contributed by atoms with van der Waals surface area (Å²) in [6.45, 7) is 1.38. The van der Waals surface area contributed by atoms with Crippen LogP contribution in [0.2, 0.25) is 0 Å². The minimum atomic E-state index is -4.38. The van der Waals surface area contributed by atoms with E-state index in [-0.39, 0.29) is 30.3 Å². The largest absolute Gasteiger partial charge is 0.472 e. The molecule has 2 amide bonds. The molecule has 5 nitrogen and oxygen atoms in total. The molecule has 0 aliphatic carbocycles. The summed E-state index contributed by atoms with van der Waals surface area (Å²) < 4.78 is 43.3. The lowest BCUT2D eigenvalue weighted by molar-refractivity contribution is -0.141. The second kappa shape index (κ2) is 7.57. The molecule has 0 unspecified atom stereocenters. The van der Waals surface area contributed by atoms with Crippen molar-refractivity contribution in [1.29, 1.82) is 0 Å². The number of carbonyl (C=O) groups is 2. The highest BCUT2D eigenvalue weighted by Crippen LogP contribution is 2.34. The van der Waals surface area contributed by atoms with E-state index in [1.165, 1.54) is 24.7 Å². The van der Waals surface area contributed by atoms with Gasteiger partial charge in [-0.05, 0) is 42.5 Å². The van der Waals surface area contributed by atoms with E-state index in [0.717, 1.165) is 12.1 Å². The molecule has 2 aliphatic heterocycles. The average molecular weight is 406 g/mol. The predicted octanol–water partition coefficient (Wildman–Crippen LogP) is 3.95. The Labute approximate surface area is 166 Å². The van der Waals surface area contributed by atoms with Crippen molar-refractivity contribution in [3.63, 3.8) is 0 Å². The fourth-order valence-electron chi connectivity index (χ4n) is 4.31. The summed E-state index contributed by atoms with van der Waals surface area (Å²) in [6.07, 6.45) is 0.262. The Hall–Kier alpha value is -2.77. The summed E-state index contributed by atoms with van der Waals surface area (Å²) in [5.41, 5.74) is 0.482. The zero-order valence-corrected chi connectivity index (χ0v) is 15.7. The fraction of sp³-hybridized carbons (Fsp3) is 0.429. The molecular formula is C21H21F3N2O3. The van der Waals surface area contributed by atoms with Crippen LogP contribution in [0, 0.1) is 5.92 Å². The van der Waals surface area contributed by atoms with Crippen LogP contribution < -0.4 is 0 Å². The Bertz CT molecular complexity index is 878. The first-order chi connectivity index (χ1) is 13.8. The van der Waals surface area contributed by atoms with Crippen molar-refractivity contribution in [2.24, 2.45) is 5.92 Å². The number of piperidine rings is 2. The first-order valence-corrected chi connectivity index (χ1v) is 9.60. The molecule has 3 heterocycles. The monoisotopic (exact) mass is 406 g/mol. The van der Waals surface area contributed by atoms with Crippen LogP contribution in [0.3, 0.4) is 0 Å². The van der Waals surface area contributed by atoms with Crippen LogP contribution in [0.25, 0.3) is 0 Å². The highest BCUT2D eigenvalue weighted by atomic mass is 19.4. The lowest BCUT2D eigenvalue weighted by Gasteiger charge is -2.47. The van der Waals surface area contributed by atoms with Gasteiger partial charge in [0.1, 0.15) is 6.26 Å². The average Bonchev–Trinajstić information content (AvgIpc) is 3.24. The van der Waals surface area contributed by atoms with Gasteiger partial charge in [0, 0.05) is 32.1 Å². The Balaban J connectivity index is 1.45. The van der Waals surface area contributed by atoms with Gasteiger partial charge in [-0.2, -0.15) is 13.2 Å². The number of halogens is 3. The van der Waals surface area contributed by atoms with Gasteiger partial charge >= 0.3 is 6.18 Å². The molecule has 154 valence electrons. The number of benzene rings is 1. The lowest BCUT2D eigenvalue weighted by atomic mass is 9.83. The molecule has 0 saturated carbocycles. The minimum Gasteiger partial charge on any atom is -0.472 e. The summed E-state index contributed by atoms with van der Waals surface area (Å²) in [5, 5.41) is 0. The molecule has 2 aromatic rings. The molecule has 8 heteroatoms. The van der Waals surface area contributed by atoms with E-state index in [1.54, 1.807) is 15.9 Å². The minimum absolute atomic E-state index is 0.00746. The van der Waals surface area contributed by atoms with E-state index in [9.17, 15) is 22.8 Å². The highest BCUT2D eigenvalue weighted by Gasteiger charge is 2.40. The van der Waals surface area contributed by atoms with Gasteiger partial charge in [-0.15, -0.1) is 0 Å². The number of rotatable bonds is 3. The smallest absolute Gasteiger partial charge is 0.416 e. The van der Waals surface area contributed by atoms with Gasteiger partial charge in [0.25, 0.3) is 5.91 Å². The van der Waals surface area contributed by atoms with Crippen molar-refractivity contribution < 1.29 is 27.2 Å². The Kier molecular flexibility index (Phi) is 5.10. The van der Waals surface area contributed by atoms with Crippen molar-refractivity contribution in [3.8, 4) is 0 Å². The van der Waals surface area contributed by atoms with E-state index in [1.807, 2.05) is 0 Å². The van der Waals surface area contributed by atoms with Crippen molar-refractivity contribution in [2.45, 2.75) is 38.0 Å². The first-order valence-electron chi connectivity index (χ1n) is 9.60. The molecule has 0 bridgehead atoms. The number of hydrogen-bond donors (Lipinski definition) is 0. The molecule has 1 aromatic carbocycles. The maximum absolute atomic E-state index is 12.8. The molecular weight excluding hydrogens is 385 g/mol. The van der Waals surface area contributed by atoms with Crippen LogP contribution in [-0.2, 0) is 17.5 Å². The number of amides is 2. The van der Waals surface area contributed by atoms with Crippen molar-refractivity contribution in [1.82, 2.24) is 9.80 Å². The summed E-state index contributed by atoms with van der Waals surface area (Å²) in [6, 6.07) is 6.58. The zero-order valence-electron chi connectivity index (χ0n) is 15.7. The summed E-state index contributed by atoms with van der Waals surface area (Å²) >= 11 is 0. The molecule has 29 heavy (non-hydrogen) atoms. The summed E-state index contributed by atoms with van der Waals surface area (Å²) in [5.74, 6) is 0.0934. The molecule has 2 saturated heterocycles. The van der Waals surface area contributed by atoms with E-state index in [0.29, 0.717) is 43.5 Å². The number of carbonyl (C=O) groups excluding carboxylic acids is 2. The second-order valence-electron chi connectivity index (χ2n) is 7.63. The van der Waals surface area contributed by atoms with E-state index >= 15 is 0 Å². The highest BCUT2D eigenvalue weighted by molar-refractivity contribution is 5.94. The normalized spacial score (nSPS) is 22.5. The van der Waals surface area contributed by atoms with Gasteiger partial charge in [-0.25, -0.2) is 0 Å². The number of likely N-dealkylation sites (tertiary alicyclic amines) is 2. The van der Waals surface area contributed by atoms with E-state index in [4.69, 9.17) is 4.42 Å². The Morgan fingerprint density at radius 2 is 1.90 bits per heavy atom. The standard InChI is InChI=1S/C21H21F3N2O3/c22-21(23,24)17-4-1-14(2-5-17)11-26-18-7-9-25(12-15(18)3-6-19(26)27)20(28)16-8-10-29-13-16/h1-2,4-5,8,10,13,15,18H,3,6-7,9,11-12H2/t15-,18+/m1/s1. The van der Waals surface area contributed by atoms with Gasteiger partial charge in [-0.1, -0.05) is 12.1 Å². The molecule has 0 radical (unpaired) electrons. The lowest BCUT2D eigenvalue weighted by Crippen LogP contribution is -2.56. The number of alkyl halides is 3. The number of hydrogen-bond acceptors (Lipinski definition) is 3. The van der Waals surface area contributed by atoms with Gasteiger partial charge in [0.05, 0.1) is 17.4 Å². The molecule has 2 aliphatic rings. The van der Waals surface area contributed by atoms with Gasteiger partial charge in [0.2, 0.25) is 5.91 Å². The number of fused-ring (bicyclic) bond motifs is 1. The fourth-order valence-corrected chi connectivity index (χ4v) is 4.31. The van der Waals surface area contributed by atoms with Crippen molar-refractivity contribution in [2.75, 3.05) is 13.1 Å². The molecule has 0 N–H and O–H groups in total. The first kappa shape index (κ1) is 19.5. The van der Waals surface area contributed by atoms with Crippen molar-refractivity contribution >= 4 is 11.8 Å².